The molecule has 0 heterocycles. The van der Waals surface area contributed by atoms with E-state index in [2.05, 4.69) is 85.0 Å². The number of nitrogens with two attached hydrogens (primary N) is 1. The second-order valence-corrected chi connectivity index (χ2v) is 25.2. The Balaban J connectivity index is 2.00. The summed E-state index contributed by atoms with van der Waals surface area (Å²) in [5.41, 5.74) is 6.76. The number of unbranched alkanes of at least 4 members (excludes halogenated alkanes) is 1. The molecule has 0 bridgehead atoms. The van der Waals surface area contributed by atoms with E-state index in [1.165, 1.54) is 0 Å². The molecule has 3 rings (SSSR count). The molecule has 0 aromatic heterocycles. The van der Waals surface area contributed by atoms with Crippen molar-refractivity contribution < 1.29 is 32.7 Å². The molecule has 10 heteroatoms. The van der Waals surface area contributed by atoms with Gasteiger partial charge in [-0.15, -0.1) is 0 Å². The van der Waals surface area contributed by atoms with Gasteiger partial charge >= 0.3 is 6.09 Å². The molecule has 0 aliphatic heterocycles. The molecule has 0 saturated carbocycles. The van der Waals surface area contributed by atoms with E-state index in [0.29, 0.717) is 13.2 Å². The number of rotatable bonds is 21. The van der Waals surface area contributed by atoms with Gasteiger partial charge in [0, 0.05) is 13.0 Å². The summed E-state index contributed by atoms with van der Waals surface area (Å²) in [5, 5.41) is 1.84. The number of aldehydes is 1. The highest BCUT2D eigenvalue weighted by atomic mass is 28.4. The minimum atomic E-state index is -3.12. The van der Waals surface area contributed by atoms with E-state index in [0.717, 1.165) is 47.2 Å². The lowest BCUT2D eigenvalue weighted by Gasteiger charge is -2.45. The van der Waals surface area contributed by atoms with Crippen molar-refractivity contribution in [2.45, 2.75) is 122 Å². The number of amides is 1. The van der Waals surface area contributed by atoms with Crippen molar-refractivity contribution in [2.75, 3.05) is 13.7 Å². The van der Waals surface area contributed by atoms with Gasteiger partial charge in [0.25, 0.3) is 8.32 Å². The van der Waals surface area contributed by atoms with Gasteiger partial charge in [0.1, 0.15) is 24.2 Å². The predicted molar refractivity (Wildman–Crippen MR) is 220 cm³/mol. The number of hydrogen-bond acceptors (Lipinski definition) is 7. The van der Waals surface area contributed by atoms with Gasteiger partial charge in [0.2, 0.25) is 0 Å². The van der Waals surface area contributed by atoms with E-state index in [9.17, 15) is 9.59 Å². The highest BCUT2D eigenvalue weighted by molar-refractivity contribution is 6.99. The largest absolute Gasteiger partial charge is 0.497 e. The van der Waals surface area contributed by atoms with Crippen molar-refractivity contribution >= 4 is 39.4 Å². The Labute approximate surface area is 320 Å². The van der Waals surface area contributed by atoms with Gasteiger partial charge in [-0.2, -0.15) is 0 Å². The van der Waals surface area contributed by atoms with Crippen LogP contribution in [0.5, 0.6) is 5.75 Å². The Morgan fingerprint density at radius 2 is 1.36 bits per heavy atom. The van der Waals surface area contributed by atoms with Crippen molar-refractivity contribution in [1.82, 2.24) is 0 Å². The summed E-state index contributed by atoms with van der Waals surface area (Å²) in [4.78, 5) is 24.0. The molecular formula is C43H63NO7Si2. The van der Waals surface area contributed by atoms with Crippen molar-refractivity contribution in [1.29, 1.82) is 0 Å². The summed E-state index contributed by atoms with van der Waals surface area (Å²) < 4.78 is 31.6. The van der Waals surface area contributed by atoms with Crippen LogP contribution in [0.4, 0.5) is 4.79 Å². The molecule has 53 heavy (non-hydrogen) atoms. The Morgan fingerprint density at radius 1 is 0.774 bits per heavy atom. The number of primary amides is 1. The normalized spacial score (nSPS) is 14.4. The van der Waals surface area contributed by atoms with Gasteiger partial charge in [0.15, 0.2) is 8.32 Å². The molecular weight excluding hydrogens is 699 g/mol. The van der Waals surface area contributed by atoms with Crippen molar-refractivity contribution in [3.63, 3.8) is 0 Å². The third-order valence-electron chi connectivity index (χ3n) is 10.2. The van der Waals surface area contributed by atoms with Crippen molar-refractivity contribution in [3.05, 3.63) is 103 Å². The SMILES string of the molecule is COc1ccc(COCCCC[C@@H](/C=C/[C@H](O[Si](c2ccccc2)(c2ccccc2)C(C)(C)C)[C@H](CCC=O)OC(N)=O)O[Si](C)(C)C(C)(C)C)cc1. The zero-order valence-corrected chi connectivity index (χ0v) is 35.4. The molecule has 3 aromatic rings. The average molecular weight is 762 g/mol. The van der Waals surface area contributed by atoms with Crippen LogP contribution in [0.3, 0.4) is 0 Å². The van der Waals surface area contributed by atoms with Crippen LogP contribution >= 0.6 is 0 Å². The second-order valence-electron chi connectivity index (χ2n) is 16.2. The quantitative estimate of drug-likeness (QED) is 0.0501. The molecule has 0 aliphatic rings. The Bertz CT molecular complexity index is 1510. The first kappa shape index (κ1) is 43.9. The molecule has 0 spiro atoms. The fraction of sp³-hybridized carbons (Fsp3) is 0.488. The van der Waals surface area contributed by atoms with E-state index in [1.807, 2.05) is 66.7 Å². The van der Waals surface area contributed by atoms with Crippen LogP contribution in [-0.4, -0.2) is 61.0 Å². The highest BCUT2D eigenvalue weighted by Crippen LogP contribution is 2.40. The average Bonchev–Trinajstić information content (AvgIpc) is 3.11. The van der Waals surface area contributed by atoms with Crippen LogP contribution in [-0.2, 0) is 29.7 Å². The van der Waals surface area contributed by atoms with Gasteiger partial charge < -0.3 is 33.6 Å². The molecule has 3 atom stereocenters. The maximum Gasteiger partial charge on any atom is 0.404 e. The molecule has 0 radical (unpaired) electrons. The smallest absolute Gasteiger partial charge is 0.404 e. The lowest BCUT2D eigenvalue weighted by Crippen LogP contribution is -2.68. The lowest BCUT2D eigenvalue weighted by molar-refractivity contribution is -0.108. The molecule has 290 valence electrons. The van der Waals surface area contributed by atoms with E-state index in [-0.39, 0.29) is 29.0 Å². The van der Waals surface area contributed by atoms with Crippen LogP contribution in [0.25, 0.3) is 0 Å². The summed E-state index contributed by atoms with van der Waals surface area (Å²) in [6, 6.07) is 28.6. The van der Waals surface area contributed by atoms with Crippen molar-refractivity contribution in [3.8, 4) is 5.75 Å². The first-order valence-corrected chi connectivity index (χ1v) is 23.6. The number of ether oxygens (including phenoxy) is 3. The molecule has 2 N–H and O–H groups in total. The van der Waals surface area contributed by atoms with Crippen LogP contribution in [0.2, 0.25) is 23.2 Å². The number of carbonyl (C=O) groups is 2. The summed E-state index contributed by atoms with van der Waals surface area (Å²) in [6.07, 6.45) is 5.26. The summed E-state index contributed by atoms with van der Waals surface area (Å²) >= 11 is 0. The Kier molecular flexibility index (Phi) is 16.7. The molecule has 1 amide bonds. The molecule has 0 unspecified atom stereocenters. The minimum Gasteiger partial charge on any atom is -0.497 e. The van der Waals surface area contributed by atoms with Crippen LogP contribution in [0, 0.1) is 0 Å². The summed E-state index contributed by atoms with van der Waals surface area (Å²) in [7, 11) is -3.66. The second kappa shape index (κ2) is 20.2. The van der Waals surface area contributed by atoms with E-state index in [4.69, 9.17) is 28.8 Å². The summed E-state index contributed by atoms with van der Waals surface area (Å²) in [5.74, 6) is 0.824. The van der Waals surface area contributed by atoms with Gasteiger partial charge in [-0.3, -0.25) is 0 Å². The third-order valence-corrected chi connectivity index (χ3v) is 19.7. The van der Waals surface area contributed by atoms with Gasteiger partial charge in [0.05, 0.1) is 19.8 Å². The number of methoxy groups -OCH3 is 1. The predicted octanol–water partition coefficient (Wildman–Crippen LogP) is 8.72. The minimum absolute atomic E-state index is 0.00698. The van der Waals surface area contributed by atoms with E-state index < -0.39 is 34.9 Å². The zero-order valence-electron chi connectivity index (χ0n) is 33.4. The topological polar surface area (TPSA) is 106 Å². The van der Waals surface area contributed by atoms with Crippen molar-refractivity contribution in [2.24, 2.45) is 5.73 Å². The van der Waals surface area contributed by atoms with E-state index in [1.54, 1.807) is 7.11 Å². The maximum absolute atomic E-state index is 12.4. The maximum atomic E-state index is 12.4. The third kappa shape index (κ3) is 12.8. The fourth-order valence-corrected chi connectivity index (χ4v) is 12.2. The van der Waals surface area contributed by atoms with Crippen LogP contribution < -0.4 is 20.8 Å². The van der Waals surface area contributed by atoms with Crippen LogP contribution in [0.1, 0.15) is 79.2 Å². The van der Waals surface area contributed by atoms with E-state index >= 15 is 0 Å². The summed E-state index contributed by atoms with van der Waals surface area (Å²) in [6.45, 7) is 19.0. The molecule has 8 nitrogen and oxygen atoms in total. The molecule has 0 fully saturated rings. The lowest BCUT2D eigenvalue weighted by atomic mass is 10.1. The first-order chi connectivity index (χ1) is 25.0. The zero-order chi connectivity index (χ0) is 39.1. The molecule has 0 saturated heterocycles. The molecule has 3 aromatic carbocycles. The standard InChI is InChI=1S/C43H63NO7Si2/c1-42(2,3)52(8,9)50-36(19-16-17-32-48-33-34-25-27-35(47-7)28-26-34)29-30-40(39(24-18-31-45)49-41(44)46)51-53(43(4,5)6,37-20-12-10-13-21-37)38-22-14-11-15-23-38/h10-15,20-23,25-31,36,39-40H,16-19,24,32-33H2,1-9H3,(H2,44,46)/b30-29+/t36-,39-,40-/m0/s1. The highest BCUT2D eigenvalue weighted by Gasteiger charge is 2.52. The monoisotopic (exact) mass is 761 g/mol. The Hall–Kier alpha value is -3.55. The van der Waals surface area contributed by atoms with Crippen LogP contribution in [0.15, 0.2) is 97.1 Å². The number of benzene rings is 3. The molecule has 0 aliphatic carbocycles. The first-order valence-electron chi connectivity index (χ1n) is 18.8. The van der Waals surface area contributed by atoms with Gasteiger partial charge in [-0.05, 0) is 76.9 Å². The Morgan fingerprint density at radius 3 is 1.85 bits per heavy atom. The van der Waals surface area contributed by atoms with Gasteiger partial charge in [-0.1, -0.05) is 126 Å². The number of hydrogen-bond donors (Lipinski definition) is 1. The number of carbonyl (C=O) groups excluding carboxylic acids is 2. The fourth-order valence-electron chi connectivity index (χ4n) is 6.25. The van der Waals surface area contributed by atoms with Gasteiger partial charge in [-0.25, -0.2) is 4.79 Å².